The van der Waals surface area contributed by atoms with Gasteiger partial charge in [0.1, 0.15) is 11.9 Å². The number of alkyl carbamates (subject to hydrolysis) is 1. The number of aldehydes is 1. The third kappa shape index (κ3) is 7.19. The molecular weight excluding hydrogens is 242 g/mol. The molecule has 0 aliphatic heterocycles. The second-order valence-corrected chi connectivity index (χ2v) is 6.46. The Morgan fingerprint density at radius 2 is 1.89 bits per heavy atom. The predicted molar refractivity (Wildman–Crippen MR) is 75.0 cm³/mol. The minimum atomic E-state index is -0.434. The molecule has 4 nitrogen and oxygen atoms in total. The number of unbranched alkanes of at least 4 members (excludes halogenated alkanes) is 1. The summed E-state index contributed by atoms with van der Waals surface area (Å²) < 4.78 is 5.26. The molecule has 110 valence electrons. The van der Waals surface area contributed by atoms with Gasteiger partial charge in [0.25, 0.3) is 0 Å². The minimum absolute atomic E-state index is 0.247. The van der Waals surface area contributed by atoms with Crippen molar-refractivity contribution in [1.29, 1.82) is 0 Å². The molecule has 1 fully saturated rings. The van der Waals surface area contributed by atoms with Crippen molar-refractivity contribution in [2.45, 2.75) is 77.4 Å². The Hall–Kier alpha value is -1.06. The third-order valence-corrected chi connectivity index (χ3v) is 3.50. The molecule has 1 saturated carbocycles. The zero-order valence-electron chi connectivity index (χ0n) is 12.4. The first-order valence-corrected chi connectivity index (χ1v) is 7.34. The van der Waals surface area contributed by atoms with Crippen LogP contribution in [0.4, 0.5) is 4.79 Å². The molecule has 1 amide bonds. The second kappa shape index (κ2) is 7.51. The van der Waals surface area contributed by atoms with Crippen LogP contribution in [0.25, 0.3) is 0 Å². The van der Waals surface area contributed by atoms with Crippen LogP contribution in [-0.4, -0.2) is 24.0 Å². The Bertz CT molecular complexity index is 288. The Labute approximate surface area is 116 Å². The zero-order valence-corrected chi connectivity index (χ0v) is 12.4. The average Bonchev–Trinajstić information content (AvgIpc) is 2.29. The summed E-state index contributed by atoms with van der Waals surface area (Å²) in [6, 6.07) is 0.247. The monoisotopic (exact) mass is 269 g/mol. The Morgan fingerprint density at radius 1 is 1.26 bits per heavy atom. The SMILES string of the molecule is CC(C)(C)OC(=O)NC1CCC(CCCC=O)CC1. The van der Waals surface area contributed by atoms with Gasteiger partial charge in [0.2, 0.25) is 0 Å². The third-order valence-electron chi connectivity index (χ3n) is 3.50. The summed E-state index contributed by atoms with van der Waals surface area (Å²) >= 11 is 0. The fourth-order valence-electron chi connectivity index (χ4n) is 2.56. The number of carbonyl (C=O) groups is 2. The first-order chi connectivity index (χ1) is 8.90. The number of nitrogens with one attached hydrogen (secondary N) is 1. The van der Waals surface area contributed by atoms with E-state index in [1.807, 2.05) is 20.8 Å². The van der Waals surface area contributed by atoms with Gasteiger partial charge in [0.05, 0.1) is 0 Å². The zero-order chi connectivity index (χ0) is 14.3. The fraction of sp³-hybridized carbons (Fsp3) is 0.867. The maximum Gasteiger partial charge on any atom is 0.407 e. The van der Waals surface area contributed by atoms with E-state index >= 15 is 0 Å². The van der Waals surface area contributed by atoms with Gasteiger partial charge in [-0.25, -0.2) is 4.79 Å². The van der Waals surface area contributed by atoms with Gasteiger partial charge in [-0.2, -0.15) is 0 Å². The van der Waals surface area contributed by atoms with E-state index in [2.05, 4.69) is 5.32 Å². The van der Waals surface area contributed by atoms with E-state index in [1.165, 1.54) is 0 Å². The lowest BCUT2D eigenvalue weighted by Gasteiger charge is -2.30. The largest absolute Gasteiger partial charge is 0.444 e. The molecule has 0 bridgehead atoms. The molecule has 0 aromatic heterocycles. The fourth-order valence-corrected chi connectivity index (χ4v) is 2.56. The van der Waals surface area contributed by atoms with Gasteiger partial charge >= 0.3 is 6.09 Å². The van der Waals surface area contributed by atoms with Crippen LogP contribution in [0.1, 0.15) is 65.7 Å². The second-order valence-electron chi connectivity index (χ2n) is 6.46. The molecular formula is C15H27NO3. The number of hydrogen-bond acceptors (Lipinski definition) is 3. The first-order valence-electron chi connectivity index (χ1n) is 7.34. The molecule has 0 radical (unpaired) electrons. The molecule has 0 spiro atoms. The van der Waals surface area contributed by atoms with Crippen LogP contribution in [0.5, 0.6) is 0 Å². The predicted octanol–water partition coefficient (Wildman–Crippen LogP) is 3.44. The Balaban J connectivity index is 2.19. The molecule has 1 aliphatic carbocycles. The highest BCUT2D eigenvalue weighted by Gasteiger charge is 2.24. The van der Waals surface area contributed by atoms with Gasteiger partial charge in [-0.3, -0.25) is 0 Å². The maximum absolute atomic E-state index is 11.6. The Morgan fingerprint density at radius 3 is 2.42 bits per heavy atom. The summed E-state index contributed by atoms with van der Waals surface area (Å²) in [5.41, 5.74) is -0.434. The topological polar surface area (TPSA) is 55.4 Å². The maximum atomic E-state index is 11.6. The summed E-state index contributed by atoms with van der Waals surface area (Å²) in [5.74, 6) is 0.719. The number of hydrogen-bond donors (Lipinski definition) is 1. The van der Waals surface area contributed by atoms with Crippen LogP contribution in [0, 0.1) is 5.92 Å². The summed E-state index contributed by atoms with van der Waals surface area (Å²) in [6.07, 6.45) is 7.81. The molecule has 0 heterocycles. The average molecular weight is 269 g/mol. The van der Waals surface area contributed by atoms with E-state index in [0.29, 0.717) is 6.42 Å². The van der Waals surface area contributed by atoms with Gasteiger partial charge < -0.3 is 14.8 Å². The Kier molecular flexibility index (Phi) is 6.32. The highest BCUT2D eigenvalue weighted by Crippen LogP contribution is 2.28. The van der Waals surface area contributed by atoms with E-state index in [0.717, 1.165) is 50.7 Å². The van der Waals surface area contributed by atoms with Crippen molar-refractivity contribution in [2.24, 2.45) is 5.92 Å². The molecule has 0 unspecified atom stereocenters. The highest BCUT2D eigenvalue weighted by atomic mass is 16.6. The molecule has 0 aromatic rings. The van der Waals surface area contributed by atoms with E-state index in [-0.39, 0.29) is 12.1 Å². The van der Waals surface area contributed by atoms with Crippen LogP contribution in [0.2, 0.25) is 0 Å². The van der Waals surface area contributed by atoms with Gasteiger partial charge in [-0.1, -0.05) is 6.42 Å². The van der Waals surface area contributed by atoms with Crippen LogP contribution >= 0.6 is 0 Å². The van der Waals surface area contributed by atoms with E-state index in [4.69, 9.17) is 4.74 Å². The van der Waals surface area contributed by atoms with E-state index in [1.54, 1.807) is 0 Å². The summed E-state index contributed by atoms with van der Waals surface area (Å²) in [6.45, 7) is 5.61. The van der Waals surface area contributed by atoms with Crippen LogP contribution in [-0.2, 0) is 9.53 Å². The van der Waals surface area contributed by atoms with Crippen molar-refractivity contribution in [3.63, 3.8) is 0 Å². The summed E-state index contributed by atoms with van der Waals surface area (Å²) in [7, 11) is 0. The molecule has 1 N–H and O–H groups in total. The lowest BCUT2D eigenvalue weighted by molar-refractivity contribution is -0.108. The molecule has 0 atom stereocenters. The number of amides is 1. The number of rotatable bonds is 5. The van der Waals surface area contributed by atoms with Gasteiger partial charge in [-0.15, -0.1) is 0 Å². The van der Waals surface area contributed by atoms with Crippen molar-refractivity contribution in [3.05, 3.63) is 0 Å². The number of carbonyl (C=O) groups excluding carboxylic acids is 2. The summed E-state index contributed by atoms with van der Waals surface area (Å²) in [5, 5.41) is 2.95. The van der Waals surface area contributed by atoms with Crippen molar-refractivity contribution >= 4 is 12.4 Å². The van der Waals surface area contributed by atoms with E-state index < -0.39 is 5.60 Å². The molecule has 4 heteroatoms. The quantitative estimate of drug-likeness (QED) is 0.614. The van der Waals surface area contributed by atoms with E-state index in [9.17, 15) is 9.59 Å². The standard InChI is InChI=1S/C15H27NO3/c1-15(2,3)19-14(18)16-13-9-7-12(8-10-13)6-4-5-11-17/h11-13H,4-10H2,1-3H3,(H,16,18). The smallest absolute Gasteiger partial charge is 0.407 e. The lowest BCUT2D eigenvalue weighted by atomic mass is 9.83. The summed E-state index contributed by atoms with van der Waals surface area (Å²) in [4.78, 5) is 21.9. The molecule has 1 rings (SSSR count). The van der Waals surface area contributed by atoms with Crippen LogP contribution in [0.3, 0.4) is 0 Å². The van der Waals surface area contributed by atoms with Crippen molar-refractivity contribution in [3.8, 4) is 0 Å². The molecule has 1 aliphatic rings. The molecule has 0 aromatic carbocycles. The van der Waals surface area contributed by atoms with Crippen LogP contribution < -0.4 is 5.32 Å². The van der Waals surface area contributed by atoms with Gasteiger partial charge in [-0.05, 0) is 58.8 Å². The number of ether oxygens (including phenoxy) is 1. The van der Waals surface area contributed by atoms with Crippen molar-refractivity contribution in [1.82, 2.24) is 5.32 Å². The lowest BCUT2D eigenvalue weighted by Crippen LogP contribution is -2.40. The van der Waals surface area contributed by atoms with Crippen LogP contribution in [0.15, 0.2) is 0 Å². The van der Waals surface area contributed by atoms with Crippen molar-refractivity contribution < 1.29 is 14.3 Å². The highest BCUT2D eigenvalue weighted by molar-refractivity contribution is 5.68. The normalized spacial score (nSPS) is 23.7. The van der Waals surface area contributed by atoms with Gasteiger partial charge in [0.15, 0.2) is 0 Å². The van der Waals surface area contributed by atoms with Gasteiger partial charge in [0, 0.05) is 12.5 Å². The molecule has 19 heavy (non-hydrogen) atoms. The molecule has 0 saturated heterocycles. The van der Waals surface area contributed by atoms with Crippen molar-refractivity contribution in [2.75, 3.05) is 0 Å². The minimum Gasteiger partial charge on any atom is -0.444 e. The first kappa shape index (κ1) is 16.0.